The molecule has 0 aliphatic rings. The Morgan fingerprint density at radius 3 is 2.62 bits per heavy atom. The van der Waals surface area contributed by atoms with Gasteiger partial charge in [0.1, 0.15) is 0 Å². The maximum atomic E-state index is 5.85. The van der Waals surface area contributed by atoms with Gasteiger partial charge in [-0.1, -0.05) is 23.7 Å². The van der Waals surface area contributed by atoms with Crippen LogP contribution in [0.2, 0.25) is 5.02 Å². The van der Waals surface area contributed by atoms with E-state index in [4.69, 9.17) is 22.1 Å². The summed E-state index contributed by atoms with van der Waals surface area (Å²) in [5.74, 6) is 1.07. The summed E-state index contributed by atoms with van der Waals surface area (Å²) >= 11 is 7.72. The lowest BCUT2D eigenvalue weighted by molar-refractivity contribution is 0.200. The lowest BCUT2D eigenvalue weighted by atomic mass is 10.1. The van der Waals surface area contributed by atoms with Crippen LogP contribution in [0.15, 0.2) is 24.3 Å². The number of hydrogen-bond acceptors (Lipinski definition) is 3. The zero-order valence-corrected chi connectivity index (χ0v) is 11.1. The molecule has 1 aromatic carbocycles. The molecule has 1 aromatic rings. The number of rotatable bonds is 7. The zero-order chi connectivity index (χ0) is 11.8. The molecule has 0 amide bonds. The van der Waals surface area contributed by atoms with Gasteiger partial charge in [-0.3, -0.25) is 0 Å². The Morgan fingerprint density at radius 1 is 1.38 bits per heavy atom. The summed E-state index contributed by atoms with van der Waals surface area (Å²) in [4.78, 5) is 0. The summed E-state index contributed by atoms with van der Waals surface area (Å²) < 4.78 is 5.02. The van der Waals surface area contributed by atoms with Crippen molar-refractivity contribution in [3.05, 3.63) is 34.9 Å². The summed E-state index contributed by atoms with van der Waals surface area (Å²) in [7, 11) is 1.73. The van der Waals surface area contributed by atoms with Crippen molar-refractivity contribution >= 4 is 23.4 Å². The number of benzene rings is 1. The van der Waals surface area contributed by atoms with Gasteiger partial charge < -0.3 is 10.5 Å². The first kappa shape index (κ1) is 13.8. The van der Waals surface area contributed by atoms with Gasteiger partial charge >= 0.3 is 0 Å². The normalized spacial score (nSPS) is 12.7. The van der Waals surface area contributed by atoms with Crippen LogP contribution >= 0.6 is 23.4 Å². The Balaban J connectivity index is 2.44. The quantitative estimate of drug-likeness (QED) is 0.765. The van der Waals surface area contributed by atoms with E-state index >= 15 is 0 Å². The second-order valence-electron chi connectivity index (χ2n) is 3.49. The Labute approximate surface area is 107 Å². The molecule has 1 rings (SSSR count). The van der Waals surface area contributed by atoms with Gasteiger partial charge in [-0.25, -0.2) is 0 Å². The molecule has 4 heteroatoms. The van der Waals surface area contributed by atoms with Gasteiger partial charge in [0.05, 0.1) is 0 Å². The van der Waals surface area contributed by atoms with Gasteiger partial charge in [-0.2, -0.15) is 11.8 Å². The Morgan fingerprint density at radius 2 is 2.06 bits per heavy atom. The highest BCUT2D eigenvalue weighted by Crippen LogP contribution is 2.28. The minimum atomic E-state index is 0.356. The molecule has 0 fully saturated rings. The minimum Gasteiger partial charge on any atom is -0.385 e. The van der Waals surface area contributed by atoms with Gasteiger partial charge in [0.2, 0.25) is 0 Å². The molecule has 2 nitrogen and oxygen atoms in total. The molecule has 0 bridgehead atoms. The first-order valence-electron chi connectivity index (χ1n) is 5.34. The van der Waals surface area contributed by atoms with Crippen LogP contribution in [0.5, 0.6) is 0 Å². The molecule has 0 saturated heterocycles. The monoisotopic (exact) mass is 259 g/mol. The Bertz CT molecular complexity index is 292. The van der Waals surface area contributed by atoms with Gasteiger partial charge in [-0.15, -0.1) is 0 Å². The number of methoxy groups -OCH3 is 1. The second kappa shape index (κ2) is 7.96. The predicted octanol–water partition coefficient (Wildman–Crippen LogP) is 3.11. The van der Waals surface area contributed by atoms with Crippen molar-refractivity contribution in [3.63, 3.8) is 0 Å². The molecular weight excluding hydrogens is 242 g/mol. The van der Waals surface area contributed by atoms with Crippen LogP contribution in [0.25, 0.3) is 0 Å². The molecule has 0 aliphatic heterocycles. The maximum Gasteiger partial charge on any atom is 0.0470 e. The first-order chi connectivity index (χ1) is 7.77. The van der Waals surface area contributed by atoms with E-state index in [9.17, 15) is 0 Å². The van der Waals surface area contributed by atoms with E-state index in [1.807, 2.05) is 36.0 Å². The van der Waals surface area contributed by atoms with Gasteiger partial charge in [0.15, 0.2) is 0 Å². The number of nitrogens with two attached hydrogens (primary N) is 1. The molecule has 16 heavy (non-hydrogen) atoms. The number of thioether (sulfide) groups is 1. The lowest BCUT2D eigenvalue weighted by Crippen LogP contribution is -2.10. The van der Waals surface area contributed by atoms with Crippen LogP contribution in [0.1, 0.15) is 17.2 Å². The molecule has 1 unspecified atom stereocenters. The summed E-state index contributed by atoms with van der Waals surface area (Å²) in [6, 6.07) is 7.91. The highest BCUT2D eigenvalue weighted by molar-refractivity contribution is 7.99. The van der Waals surface area contributed by atoms with Crippen LogP contribution in [-0.4, -0.2) is 26.0 Å². The zero-order valence-electron chi connectivity index (χ0n) is 9.49. The van der Waals surface area contributed by atoms with Crippen LogP contribution in [-0.2, 0) is 4.74 Å². The molecular formula is C12H18ClNOS. The van der Waals surface area contributed by atoms with Gasteiger partial charge in [-0.05, 0) is 29.9 Å². The maximum absolute atomic E-state index is 5.85. The van der Waals surface area contributed by atoms with E-state index in [0.29, 0.717) is 11.8 Å². The molecule has 0 aromatic heterocycles. The Hall–Kier alpha value is -0.220. The average molecular weight is 260 g/mol. The first-order valence-corrected chi connectivity index (χ1v) is 6.76. The van der Waals surface area contributed by atoms with E-state index in [1.54, 1.807) is 7.11 Å². The minimum absolute atomic E-state index is 0.356. The summed E-state index contributed by atoms with van der Waals surface area (Å²) in [5.41, 5.74) is 7.02. The van der Waals surface area contributed by atoms with Crippen LogP contribution in [0, 0.1) is 0 Å². The molecule has 0 saturated carbocycles. The topological polar surface area (TPSA) is 35.2 Å². The van der Waals surface area contributed by atoms with E-state index < -0.39 is 0 Å². The van der Waals surface area contributed by atoms with Gasteiger partial charge in [0.25, 0.3) is 0 Å². The molecule has 0 radical (unpaired) electrons. The third-order valence-corrected chi connectivity index (χ3v) is 3.91. The molecule has 90 valence electrons. The molecule has 0 spiro atoms. The fourth-order valence-corrected chi connectivity index (χ4v) is 2.59. The third-order valence-electron chi connectivity index (χ3n) is 2.27. The highest BCUT2D eigenvalue weighted by Gasteiger charge is 2.09. The molecule has 2 N–H and O–H groups in total. The van der Waals surface area contributed by atoms with Crippen LogP contribution < -0.4 is 5.73 Å². The standard InChI is InChI=1S/C12H18ClNOS/c1-15-7-2-8-16-12(9-14)10-3-5-11(13)6-4-10/h3-6,12H,2,7-9,14H2,1H3. The average Bonchev–Trinajstić information content (AvgIpc) is 2.31. The van der Waals surface area contributed by atoms with Crippen molar-refractivity contribution in [2.45, 2.75) is 11.7 Å². The van der Waals surface area contributed by atoms with Crippen molar-refractivity contribution < 1.29 is 4.74 Å². The fourth-order valence-electron chi connectivity index (χ4n) is 1.41. The fraction of sp³-hybridized carbons (Fsp3) is 0.500. The largest absolute Gasteiger partial charge is 0.385 e. The summed E-state index contributed by atoms with van der Waals surface area (Å²) in [5, 5.41) is 1.12. The van der Waals surface area contributed by atoms with E-state index in [2.05, 4.69) is 0 Å². The smallest absolute Gasteiger partial charge is 0.0470 e. The van der Waals surface area contributed by atoms with Gasteiger partial charge in [0, 0.05) is 30.5 Å². The van der Waals surface area contributed by atoms with Crippen LogP contribution in [0.3, 0.4) is 0 Å². The van der Waals surface area contributed by atoms with E-state index in [0.717, 1.165) is 23.8 Å². The van der Waals surface area contributed by atoms with Crippen molar-refractivity contribution in [2.75, 3.05) is 26.0 Å². The summed E-state index contributed by atoms with van der Waals surface area (Å²) in [6.45, 7) is 1.46. The van der Waals surface area contributed by atoms with Crippen molar-refractivity contribution in [1.82, 2.24) is 0 Å². The number of halogens is 1. The van der Waals surface area contributed by atoms with Crippen molar-refractivity contribution in [3.8, 4) is 0 Å². The molecule has 0 aliphatic carbocycles. The van der Waals surface area contributed by atoms with Crippen molar-refractivity contribution in [2.24, 2.45) is 5.73 Å². The van der Waals surface area contributed by atoms with Crippen LogP contribution in [0.4, 0.5) is 0 Å². The second-order valence-corrected chi connectivity index (χ2v) is 5.24. The predicted molar refractivity (Wildman–Crippen MR) is 72.2 cm³/mol. The molecule has 0 heterocycles. The van der Waals surface area contributed by atoms with E-state index in [1.165, 1.54) is 5.56 Å². The number of hydrogen-bond donors (Lipinski definition) is 1. The SMILES string of the molecule is COCCCSC(CN)c1ccc(Cl)cc1. The van der Waals surface area contributed by atoms with E-state index in [-0.39, 0.29) is 0 Å². The highest BCUT2D eigenvalue weighted by atomic mass is 35.5. The Kier molecular flexibility index (Phi) is 6.88. The third kappa shape index (κ3) is 4.74. The number of ether oxygens (including phenoxy) is 1. The summed E-state index contributed by atoms with van der Waals surface area (Å²) in [6.07, 6.45) is 1.06. The molecule has 1 atom stereocenters. The lowest BCUT2D eigenvalue weighted by Gasteiger charge is -2.14. The van der Waals surface area contributed by atoms with Crippen molar-refractivity contribution in [1.29, 1.82) is 0 Å².